The van der Waals surface area contributed by atoms with E-state index < -0.39 is 22.9 Å². The predicted molar refractivity (Wildman–Crippen MR) is 109 cm³/mol. The summed E-state index contributed by atoms with van der Waals surface area (Å²) in [5.41, 5.74) is -1.07. The minimum atomic E-state index is -4.88. The maximum Gasteiger partial charge on any atom is 0.450 e. The van der Waals surface area contributed by atoms with E-state index in [1.54, 1.807) is 48.5 Å². The van der Waals surface area contributed by atoms with E-state index in [2.05, 4.69) is 0 Å². The second-order valence-corrected chi connectivity index (χ2v) is 6.73. The van der Waals surface area contributed by atoms with Gasteiger partial charge in [-0.1, -0.05) is 60.7 Å². The van der Waals surface area contributed by atoms with Crippen molar-refractivity contribution < 1.29 is 27.1 Å². The van der Waals surface area contributed by atoms with Crippen molar-refractivity contribution in [2.45, 2.75) is 6.18 Å². The lowest BCUT2D eigenvalue weighted by Crippen LogP contribution is -2.16. The van der Waals surface area contributed by atoms with Gasteiger partial charge in [-0.3, -0.25) is 9.59 Å². The molecule has 7 heteroatoms. The second kappa shape index (κ2) is 8.10. The summed E-state index contributed by atoms with van der Waals surface area (Å²) in [6.07, 6.45) is -4.88. The number of halogens is 3. The van der Waals surface area contributed by atoms with Crippen LogP contribution in [0.3, 0.4) is 0 Å². The van der Waals surface area contributed by atoms with Gasteiger partial charge < -0.3 is 9.15 Å². The molecule has 0 saturated carbocycles. The molecule has 4 aromatic rings. The molecule has 0 atom stereocenters. The summed E-state index contributed by atoms with van der Waals surface area (Å²) >= 11 is 0. The van der Waals surface area contributed by atoms with Crippen LogP contribution in [0.5, 0.6) is 5.75 Å². The zero-order valence-electron chi connectivity index (χ0n) is 16.0. The van der Waals surface area contributed by atoms with Crippen molar-refractivity contribution in [1.82, 2.24) is 0 Å². The van der Waals surface area contributed by atoms with E-state index in [1.807, 2.05) is 0 Å². The van der Waals surface area contributed by atoms with E-state index in [-0.39, 0.29) is 34.7 Å². The minimum Gasteiger partial charge on any atom is -0.485 e. The van der Waals surface area contributed by atoms with Gasteiger partial charge in [-0.05, 0) is 17.7 Å². The summed E-state index contributed by atoms with van der Waals surface area (Å²) in [5, 5.41) is -0.0198. The largest absolute Gasteiger partial charge is 0.485 e. The Morgan fingerprint density at radius 1 is 0.903 bits per heavy atom. The summed E-state index contributed by atoms with van der Waals surface area (Å²) in [7, 11) is 0. The Morgan fingerprint density at radius 3 is 2.19 bits per heavy atom. The van der Waals surface area contributed by atoms with Gasteiger partial charge in [0.2, 0.25) is 11.2 Å². The van der Waals surface area contributed by atoms with Crippen LogP contribution in [-0.2, 0) is 6.18 Å². The van der Waals surface area contributed by atoms with Gasteiger partial charge in [-0.2, -0.15) is 13.2 Å². The van der Waals surface area contributed by atoms with Gasteiger partial charge in [0.25, 0.3) is 0 Å². The number of ether oxygens (including phenoxy) is 1. The summed E-state index contributed by atoms with van der Waals surface area (Å²) < 4.78 is 51.6. The van der Waals surface area contributed by atoms with Crippen LogP contribution in [0.15, 0.2) is 88.1 Å². The summed E-state index contributed by atoms with van der Waals surface area (Å²) in [4.78, 5) is 25.1. The Balaban J connectivity index is 1.73. The van der Waals surface area contributed by atoms with E-state index in [0.717, 1.165) is 0 Å². The van der Waals surface area contributed by atoms with Gasteiger partial charge in [0.05, 0.1) is 10.9 Å². The number of benzene rings is 3. The first-order valence-electron chi connectivity index (χ1n) is 9.29. The van der Waals surface area contributed by atoms with Crippen LogP contribution in [0, 0.1) is 0 Å². The lowest BCUT2D eigenvalue weighted by atomic mass is 10.0. The average Bonchev–Trinajstić information content (AvgIpc) is 2.77. The van der Waals surface area contributed by atoms with Gasteiger partial charge in [-0.15, -0.1) is 0 Å². The van der Waals surface area contributed by atoms with Crippen LogP contribution in [0.25, 0.3) is 22.1 Å². The molecule has 0 saturated heterocycles. The first-order valence-corrected chi connectivity index (χ1v) is 9.29. The van der Waals surface area contributed by atoms with Crippen LogP contribution in [0.4, 0.5) is 13.2 Å². The topological polar surface area (TPSA) is 56.5 Å². The zero-order chi connectivity index (χ0) is 22.0. The smallest absolute Gasteiger partial charge is 0.450 e. The molecule has 156 valence electrons. The fourth-order valence-corrected chi connectivity index (χ4v) is 3.19. The van der Waals surface area contributed by atoms with E-state index in [1.165, 1.54) is 30.3 Å². The van der Waals surface area contributed by atoms with E-state index in [0.29, 0.717) is 5.56 Å². The summed E-state index contributed by atoms with van der Waals surface area (Å²) in [6.45, 7) is -0.312. The SMILES string of the molecule is O=C(COc1ccc2c(=O)c(-c3ccccc3)c(C(F)(F)F)oc2c1)c1ccccc1. The third kappa shape index (κ3) is 4.21. The van der Waals surface area contributed by atoms with Crippen molar-refractivity contribution in [3.05, 3.63) is 100 Å². The molecule has 0 aliphatic heterocycles. The monoisotopic (exact) mass is 424 g/mol. The normalized spacial score (nSPS) is 11.5. The van der Waals surface area contributed by atoms with Gasteiger partial charge >= 0.3 is 6.18 Å². The lowest BCUT2D eigenvalue weighted by molar-refractivity contribution is -0.152. The number of carbonyl (C=O) groups excluding carboxylic acids is 1. The molecule has 0 radical (unpaired) electrons. The molecule has 0 amide bonds. The van der Waals surface area contributed by atoms with E-state index in [9.17, 15) is 22.8 Å². The summed E-state index contributed by atoms with van der Waals surface area (Å²) in [6, 6.07) is 19.9. The maximum absolute atomic E-state index is 13.7. The first-order chi connectivity index (χ1) is 14.8. The quantitative estimate of drug-likeness (QED) is 0.384. The van der Waals surface area contributed by atoms with E-state index in [4.69, 9.17) is 9.15 Å². The molecule has 4 nitrogen and oxygen atoms in total. The molecule has 0 bridgehead atoms. The minimum absolute atomic E-state index is 0.0198. The average molecular weight is 424 g/mol. The highest BCUT2D eigenvalue weighted by Crippen LogP contribution is 2.37. The first kappa shape index (κ1) is 20.4. The standard InChI is InChI=1S/C24H15F3O4/c25-24(26,27)23-21(16-9-5-2-6-10-16)22(29)18-12-11-17(13-20(18)31-23)30-14-19(28)15-7-3-1-4-8-15/h1-13H,14H2. The number of alkyl halides is 3. The number of hydrogen-bond donors (Lipinski definition) is 0. The van der Waals surface area contributed by atoms with Gasteiger partial charge in [0.15, 0.2) is 12.4 Å². The third-order valence-corrected chi connectivity index (χ3v) is 4.65. The predicted octanol–water partition coefficient (Wildman–Crippen LogP) is 5.74. The van der Waals surface area contributed by atoms with Crippen LogP contribution in [0.2, 0.25) is 0 Å². The Labute approximate surface area is 174 Å². The highest BCUT2D eigenvalue weighted by molar-refractivity contribution is 5.97. The maximum atomic E-state index is 13.7. The molecule has 4 rings (SSSR count). The number of carbonyl (C=O) groups is 1. The Bertz CT molecular complexity index is 1290. The molecule has 0 unspecified atom stereocenters. The highest BCUT2D eigenvalue weighted by Gasteiger charge is 2.39. The second-order valence-electron chi connectivity index (χ2n) is 6.73. The van der Waals surface area contributed by atoms with Crippen LogP contribution >= 0.6 is 0 Å². The molecule has 1 heterocycles. The molecule has 0 aliphatic carbocycles. The Kier molecular flexibility index (Phi) is 5.33. The third-order valence-electron chi connectivity index (χ3n) is 4.65. The van der Waals surface area contributed by atoms with Crippen molar-refractivity contribution in [3.8, 4) is 16.9 Å². The van der Waals surface area contributed by atoms with Crippen LogP contribution in [0.1, 0.15) is 16.1 Å². The fourth-order valence-electron chi connectivity index (χ4n) is 3.19. The van der Waals surface area contributed by atoms with Crippen LogP contribution in [-0.4, -0.2) is 12.4 Å². The molecule has 1 aromatic heterocycles. The molecule has 0 aliphatic rings. The molecule has 31 heavy (non-hydrogen) atoms. The van der Waals surface area contributed by atoms with Gasteiger partial charge in [0, 0.05) is 11.6 Å². The highest BCUT2D eigenvalue weighted by atomic mass is 19.4. The van der Waals surface area contributed by atoms with Crippen molar-refractivity contribution in [3.63, 3.8) is 0 Å². The van der Waals surface area contributed by atoms with Crippen molar-refractivity contribution >= 4 is 16.8 Å². The fraction of sp³-hybridized carbons (Fsp3) is 0.0833. The Hall–Kier alpha value is -3.87. The van der Waals surface area contributed by atoms with Crippen LogP contribution < -0.4 is 10.2 Å². The van der Waals surface area contributed by atoms with E-state index >= 15 is 0 Å². The molecular weight excluding hydrogens is 409 g/mol. The molecular formula is C24H15F3O4. The molecule has 0 fully saturated rings. The molecule has 0 spiro atoms. The molecule has 3 aromatic carbocycles. The summed E-state index contributed by atoms with van der Waals surface area (Å²) in [5.74, 6) is -1.56. The van der Waals surface area contributed by atoms with Crippen molar-refractivity contribution in [2.75, 3.05) is 6.61 Å². The Morgan fingerprint density at radius 2 is 1.55 bits per heavy atom. The van der Waals surface area contributed by atoms with Gasteiger partial charge in [-0.25, -0.2) is 0 Å². The number of ketones is 1. The number of fused-ring (bicyclic) bond motifs is 1. The number of hydrogen-bond acceptors (Lipinski definition) is 4. The lowest BCUT2D eigenvalue weighted by Gasteiger charge is -2.13. The van der Waals surface area contributed by atoms with Crippen molar-refractivity contribution in [1.29, 1.82) is 0 Å². The van der Waals surface area contributed by atoms with Crippen molar-refractivity contribution in [2.24, 2.45) is 0 Å². The van der Waals surface area contributed by atoms with Gasteiger partial charge in [0.1, 0.15) is 11.3 Å². The number of Topliss-reactive ketones (excluding diaryl/α,β-unsaturated/α-hetero) is 1. The zero-order valence-corrected chi connectivity index (χ0v) is 16.0. The number of rotatable bonds is 5. The molecule has 0 N–H and O–H groups in total.